The molecule has 0 saturated heterocycles. The van der Waals surface area contributed by atoms with Crippen LogP contribution in [-0.4, -0.2) is 6.04 Å². The lowest BCUT2D eigenvalue weighted by Gasteiger charge is -2.25. The number of rotatable bonds is 2. The molecule has 2 aliphatic rings. The fourth-order valence-corrected chi connectivity index (χ4v) is 3.70. The summed E-state index contributed by atoms with van der Waals surface area (Å²) in [5, 5.41) is 3.93. The summed E-state index contributed by atoms with van der Waals surface area (Å²) in [7, 11) is 0. The molecule has 1 heteroatoms. The highest BCUT2D eigenvalue weighted by atomic mass is 14.9. The highest BCUT2D eigenvalue weighted by Gasteiger charge is 2.14. The van der Waals surface area contributed by atoms with Gasteiger partial charge in [0, 0.05) is 11.7 Å². The lowest BCUT2D eigenvalue weighted by atomic mass is 9.94. The van der Waals surface area contributed by atoms with E-state index in [4.69, 9.17) is 0 Å². The van der Waals surface area contributed by atoms with E-state index in [0.29, 0.717) is 6.04 Å². The second kappa shape index (κ2) is 10.1. The van der Waals surface area contributed by atoms with E-state index >= 15 is 0 Å². The van der Waals surface area contributed by atoms with Crippen LogP contribution in [0.1, 0.15) is 90.4 Å². The van der Waals surface area contributed by atoms with E-state index < -0.39 is 0 Å². The molecule has 0 heterocycles. The molecule has 0 bridgehead atoms. The SMILES string of the molecule is CC1/C=C\CCCCCC(N/C2=C/CCCCCCC2)C1. The fraction of sp³-hybridized carbons (Fsp3) is 0.800. The second-order valence-electron chi connectivity index (χ2n) is 7.16. The Labute approximate surface area is 132 Å². The molecule has 2 rings (SSSR count). The van der Waals surface area contributed by atoms with Crippen LogP contribution >= 0.6 is 0 Å². The molecule has 0 fully saturated rings. The van der Waals surface area contributed by atoms with Crippen LogP contribution in [0.2, 0.25) is 0 Å². The summed E-state index contributed by atoms with van der Waals surface area (Å²) in [5.41, 5.74) is 1.55. The Morgan fingerprint density at radius 2 is 1.67 bits per heavy atom. The molecule has 0 aromatic heterocycles. The number of hydrogen-bond acceptors (Lipinski definition) is 1. The van der Waals surface area contributed by atoms with Gasteiger partial charge in [-0.15, -0.1) is 0 Å². The zero-order valence-corrected chi connectivity index (χ0v) is 14.1. The first-order valence-corrected chi connectivity index (χ1v) is 9.47. The predicted molar refractivity (Wildman–Crippen MR) is 93.3 cm³/mol. The van der Waals surface area contributed by atoms with Crippen LogP contribution < -0.4 is 5.32 Å². The Bertz CT molecular complexity index is 329. The minimum atomic E-state index is 0.690. The van der Waals surface area contributed by atoms with E-state index in [1.165, 1.54) is 83.5 Å². The first-order chi connectivity index (χ1) is 10.3. The van der Waals surface area contributed by atoms with Crippen LogP contribution in [0.5, 0.6) is 0 Å². The monoisotopic (exact) mass is 289 g/mol. The van der Waals surface area contributed by atoms with Crippen LogP contribution in [0.3, 0.4) is 0 Å². The maximum atomic E-state index is 3.93. The molecule has 0 aromatic carbocycles. The lowest BCUT2D eigenvalue weighted by Crippen LogP contribution is -2.30. The van der Waals surface area contributed by atoms with Crippen LogP contribution in [0.4, 0.5) is 0 Å². The standard InChI is InChI=1S/C20H35N/c1-18-13-9-5-4-8-12-16-20(17-18)21-19-14-10-6-2-3-7-11-15-19/h9,13-14,18,20-21H,2-8,10-12,15-17H2,1H3/b13-9-,19-14+. The summed E-state index contributed by atoms with van der Waals surface area (Å²) in [4.78, 5) is 0. The van der Waals surface area contributed by atoms with Gasteiger partial charge in [0.15, 0.2) is 0 Å². The average Bonchev–Trinajstić information content (AvgIpc) is 2.60. The molecule has 0 saturated carbocycles. The minimum absolute atomic E-state index is 0.690. The molecule has 2 aliphatic carbocycles. The summed E-state index contributed by atoms with van der Waals surface area (Å²) in [6, 6.07) is 0.690. The highest BCUT2D eigenvalue weighted by molar-refractivity contribution is 5.03. The molecule has 0 aliphatic heterocycles. The van der Waals surface area contributed by atoms with Crippen molar-refractivity contribution in [3.8, 4) is 0 Å². The normalized spacial score (nSPS) is 33.7. The first-order valence-electron chi connectivity index (χ1n) is 9.47. The molecule has 1 nitrogen and oxygen atoms in total. The van der Waals surface area contributed by atoms with Crippen LogP contribution in [0.15, 0.2) is 23.9 Å². The molecular weight excluding hydrogens is 254 g/mol. The van der Waals surface area contributed by atoms with Crippen molar-refractivity contribution in [1.82, 2.24) is 5.32 Å². The van der Waals surface area contributed by atoms with Gasteiger partial charge in [-0.1, -0.05) is 57.3 Å². The molecule has 1 N–H and O–H groups in total. The summed E-state index contributed by atoms with van der Waals surface area (Å²) < 4.78 is 0. The first kappa shape index (κ1) is 16.6. The Hall–Kier alpha value is -0.720. The van der Waals surface area contributed by atoms with Gasteiger partial charge < -0.3 is 5.32 Å². The zero-order chi connectivity index (χ0) is 14.8. The Morgan fingerprint density at radius 3 is 2.62 bits per heavy atom. The van der Waals surface area contributed by atoms with E-state index in [9.17, 15) is 0 Å². The van der Waals surface area contributed by atoms with Gasteiger partial charge in [-0.3, -0.25) is 0 Å². The van der Waals surface area contributed by atoms with Crippen LogP contribution in [-0.2, 0) is 0 Å². The maximum Gasteiger partial charge on any atom is 0.0263 e. The lowest BCUT2D eigenvalue weighted by molar-refractivity contribution is 0.416. The third-order valence-electron chi connectivity index (χ3n) is 4.97. The summed E-state index contributed by atoms with van der Waals surface area (Å²) in [6.07, 6.45) is 25.1. The molecule has 2 atom stereocenters. The average molecular weight is 290 g/mol. The van der Waals surface area contributed by atoms with Gasteiger partial charge in [0.25, 0.3) is 0 Å². The van der Waals surface area contributed by atoms with Gasteiger partial charge in [0.05, 0.1) is 0 Å². The molecule has 0 radical (unpaired) electrons. The summed E-state index contributed by atoms with van der Waals surface area (Å²) in [5.74, 6) is 0.720. The molecule has 21 heavy (non-hydrogen) atoms. The van der Waals surface area contributed by atoms with E-state index in [1.54, 1.807) is 5.70 Å². The third kappa shape index (κ3) is 7.20. The Balaban J connectivity index is 1.89. The van der Waals surface area contributed by atoms with E-state index in [2.05, 4.69) is 30.5 Å². The van der Waals surface area contributed by atoms with Crippen molar-refractivity contribution in [2.75, 3.05) is 0 Å². The smallest absolute Gasteiger partial charge is 0.0263 e. The largest absolute Gasteiger partial charge is 0.386 e. The minimum Gasteiger partial charge on any atom is -0.386 e. The van der Waals surface area contributed by atoms with Gasteiger partial charge in [0.2, 0.25) is 0 Å². The summed E-state index contributed by atoms with van der Waals surface area (Å²) in [6.45, 7) is 2.38. The van der Waals surface area contributed by atoms with Crippen molar-refractivity contribution in [2.24, 2.45) is 5.92 Å². The van der Waals surface area contributed by atoms with Gasteiger partial charge in [-0.2, -0.15) is 0 Å². The number of nitrogens with one attached hydrogen (secondary N) is 1. The molecular formula is C20H35N. The molecule has 0 aromatic rings. The van der Waals surface area contributed by atoms with E-state index in [-0.39, 0.29) is 0 Å². The molecule has 0 spiro atoms. The molecule has 120 valence electrons. The number of allylic oxidation sites excluding steroid dienone is 4. The Kier molecular flexibility index (Phi) is 7.99. The Morgan fingerprint density at radius 1 is 0.905 bits per heavy atom. The van der Waals surface area contributed by atoms with E-state index in [0.717, 1.165) is 5.92 Å². The molecule has 0 amide bonds. The van der Waals surface area contributed by atoms with Crippen molar-refractivity contribution in [2.45, 2.75) is 96.4 Å². The van der Waals surface area contributed by atoms with Gasteiger partial charge >= 0.3 is 0 Å². The topological polar surface area (TPSA) is 12.0 Å². The highest BCUT2D eigenvalue weighted by Crippen LogP contribution is 2.21. The zero-order valence-electron chi connectivity index (χ0n) is 14.1. The third-order valence-corrected chi connectivity index (χ3v) is 4.97. The van der Waals surface area contributed by atoms with Crippen molar-refractivity contribution in [3.05, 3.63) is 23.9 Å². The van der Waals surface area contributed by atoms with Crippen LogP contribution in [0, 0.1) is 5.92 Å². The quantitative estimate of drug-likeness (QED) is 0.604. The van der Waals surface area contributed by atoms with Crippen LogP contribution in [0.25, 0.3) is 0 Å². The number of hydrogen-bond donors (Lipinski definition) is 1. The molecule has 2 unspecified atom stereocenters. The van der Waals surface area contributed by atoms with E-state index in [1.807, 2.05) is 0 Å². The fourth-order valence-electron chi connectivity index (χ4n) is 3.70. The second-order valence-corrected chi connectivity index (χ2v) is 7.16. The summed E-state index contributed by atoms with van der Waals surface area (Å²) >= 11 is 0. The maximum absolute atomic E-state index is 3.93. The van der Waals surface area contributed by atoms with Gasteiger partial charge in [0.1, 0.15) is 0 Å². The van der Waals surface area contributed by atoms with Crippen molar-refractivity contribution >= 4 is 0 Å². The van der Waals surface area contributed by atoms with Crippen molar-refractivity contribution in [1.29, 1.82) is 0 Å². The van der Waals surface area contributed by atoms with Crippen molar-refractivity contribution in [3.63, 3.8) is 0 Å². The van der Waals surface area contributed by atoms with Crippen molar-refractivity contribution < 1.29 is 0 Å². The predicted octanol–water partition coefficient (Wildman–Crippen LogP) is 6.12. The van der Waals surface area contributed by atoms with Gasteiger partial charge in [-0.05, 0) is 57.3 Å². The van der Waals surface area contributed by atoms with Gasteiger partial charge in [-0.25, -0.2) is 0 Å².